The van der Waals surface area contributed by atoms with E-state index >= 15 is 0 Å². The highest BCUT2D eigenvalue weighted by Gasteiger charge is 2.29. The van der Waals surface area contributed by atoms with E-state index in [-0.39, 0.29) is 39.0 Å². The number of piperidine rings is 1. The van der Waals surface area contributed by atoms with Crippen molar-refractivity contribution in [3.05, 3.63) is 58.8 Å². The lowest BCUT2D eigenvalue weighted by Crippen LogP contribution is -2.37. The van der Waals surface area contributed by atoms with Crippen molar-refractivity contribution in [1.29, 1.82) is 0 Å². The third-order valence-corrected chi connectivity index (χ3v) is 7.79. The molecule has 1 aromatic carbocycles. The summed E-state index contributed by atoms with van der Waals surface area (Å²) < 4.78 is 33.7. The number of aromatic nitrogens is 4. The SMILES string of the molecule is CCOC(=O)c1nc2cnc3[nH]cc(S(=O)(=O)c4ccccc4)c3c2n(C2CCNCC2)c1=O. The van der Waals surface area contributed by atoms with Gasteiger partial charge in [-0.25, -0.2) is 23.2 Å². The third kappa shape index (κ3) is 3.57. The van der Waals surface area contributed by atoms with Crippen molar-refractivity contribution >= 4 is 37.9 Å². The van der Waals surface area contributed by atoms with Gasteiger partial charge >= 0.3 is 5.97 Å². The average molecular weight is 482 g/mol. The van der Waals surface area contributed by atoms with Crippen molar-refractivity contribution in [2.24, 2.45) is 0 Å². The molecule has 0 spiro atoms. The second-order valence-electron chi connectivity index (χ2n) is 8.02. The standard InChI is InChI=1S/C23H23N5O5S/c1-2-33-23(30)19-22(29)28(14-8-10-24-11-9-14)20-16(27-19)12-25-21-18(20)17(13-26-21)34(31,32)15-6-4-3-5-7-15/h3-7,12-14,24H,2,8-11H2,1H3,(H,25,26). The average Bonchev–Trinajstić information content (AvgIpc) is 3.30. The highest BCUT2D eigenvalue weighted by atomic mass is 32.2. The number of rotatable bonds is 5. The van der Waals surface area contributed by atoms with Gasteiger partial charge in [-0.2, -0.15) is 0 Å². The van der Waals surface area contributed by atoms with Crippen LogP contribution in [0.2, 0.25) is 0 Å². The number of nitrogens with one attached hydrogen (secondary N) is 2. The molecular weight excluding hydrogens is 458 g/mol. The summed E-state index contributed by atoms with van der Waals surface area (Å²) in [5.41, 5.74) is -0.0371. The summed E-state index contributed by atoms with van der Waals surface area (Å²) in [5.74, 6) is -0.816. The zero-order chi connectivity index (χ0) is 23.9. The van der Waals surface area contributed by atoms with Crippen molar-refractivity contribution in [2.45, 2.75) is 35.6 Å². The van der Waals surface area contributed by atoms with Crippen molar-refractivity contribution < 1.29 is 17.9 Å². The van der Waals surface area contributed by atoms with Crippen molar-refractivity contribution in [3.8, 4) is 0 Å². The molecule has 1 aliphatic rings. The summed E-state index contributed by atoms with van der Waals surface area (Å²) >= 11 is 0. The molecule has 0 atom stereocenters. The first-order valence-electron chi connectivity index (χ1n) is 11.0. The maximum absolute atomic E-state index is 13.6. The number of aromatic amines is 1. The number of carbonyl (C=O) groups excluding carboxylic acids is 1. The largest absolute Gasteiger partial charge is 0.461 e. The number of H-pyrrole nitrogens is 1. The van der Waals surface area contributed by atoms with Crippen LogP contribution in [-0.4, -0.2) is 53.6 Å². The first-order chi connectivity index (χ1) is 16.4. The van der Waals surface area contributed by atoms with E-state index in [1.165, 1.54) is 29.1 Å². The molecule has 34 heavy (non-hydrogen) atoms. The van der Waals surface area contributed by atoms with Gasteiger partial charge in [-0.15, -0.1) is 0 Å². The minimum absolute atomic E-state index is 0.000399. The molecule has 0 amide bonds. The minimum Gasteiger partial charge on any atom is -0.461 e. The number of carbonyl (C=O) groups is 1. The van der Waals surface area contributed by atoms with Crippen LogP contribution in [0.1, 0.15) is 36.3 Å². The minimum atomic E-state index is -3.93. The molecule has 0 saturated carbocycles. The van der Waals surface area contributed by atoms with E-state index in [0.29, 0.717) is 37.1 Å². The zero-order valence-electron chi connectivity index (χ0n) is 18.4. The third-order valence-electron chi connectivity index (χ3n) is 6.00. The highest BCUT2D eigenvalue weighted by molar-refractivity contribution is 7.91. The van der Waals surface area contributed by atoms with Crippen LogP contribution in [0.5, 0.6) is 0 Å². The Balaban J connectivity index is 1.87. The quantitative estimate of drug-likeness (QED) is 0.414. The lowest BCUT2D eigenvalue weighted by molar-refractivity contribution is 0.0516. The van der Waals surface area contributed by atoms with Crippen LogP contribution in [0.3, 0.4) is 0 Å². The molecule has 2 N–H and O–H groups in total. The number of pyridine rings is 1. The van der Waals surface area contributed by atoms with Crippen LogP contribution in [0.4, 0.5) is 0 Å². The van der Waals surface area contributed by atoms with Gasteiger partial charge in [0, 0.05) is 12.2 Å². The second-order valence-corrected chi connectivity index (χ2v) is 9.94. The number of ether oxygens (including phenoxy) is 1. The molecule has 10 nitrogen and oxygen atoms in total. The van der Waals surface area contributed by atoms with Crippen LogP contribution < -0.4 is 10.9 Å². The van der Waals surface area contributed by atoms with Gasteiger partial charge in [0.2, 0.25) is 15.5 Å². The van der Waals surface area contributed by atoms with E-state index < -0.39 is 21.4 Å². The van der Waals surface area contributed by atoms with E-state index in [1.54, 1.807) is 25.1 Å². The first kappa shape index (κ1) is 22.2. The lowest BCUT2D eigenvalue weighted by Gasteiger charge is -2.26. The maximum atomic E-state index is 13.6. The first-order valence-corrected chi connectivity index (χ1v) is 12.5. The molecule has 0 bridgehead atoms. The van der Waals surface area contributed by atoms with Crippen LogP contribution in [0.25, 0.3) is 22.1 Å². The summed E-state index contributed by atoms with van der Waals surface area (Å²) in [4.78, 5) is 37.8. The maximum Gasteiger partial charge on any atom is 0.362 e. The molecule has 5 rings (SSSR count). The highest BCUT2D eigenvalue weighted by Crippen LogP contribution is 2.34. The van der Waals surface area contributed by atoms with Crippen LogP contribution in [0.15, 0.2) is 57.3 Å². The molecule has 1 saturated heterocycles. The fourth-order valence-corrected chi connectivity index (χ4v) is 5.88. The molecule has 176 valence electrons. The van der Waals surface area contributed by atoms with E-state index in [4.69, 9.17) is 4.74 Å². The van der Waals surface area contributed by atoms with Crippen molar-refractivity contribution in [1.82, 2.24) is 24.8 Å². The summed E-state index contributed by atoms with van der Waals surface area (Å²) in [7, 11) is -3.93. The van der Waals surface area contributed by atoms with Gasteiger partial charge in [-0.1, -0.05) is 18.2 Å². The Morgan fingerprint density at radius 1 is 1.21 bits per heavy atom. The molecule has 4 heterocycles. The number of nitrogens with zero attached hydrogens (tertiary/aromatic N) is 3. The summed E-state index contributed by atoms with van der Waals surface area (Å²) in [6, 6.07) is 7.82. The molecule has 0 radical (unpaired) electrons. The summed E-state index contributed by atoms with van der Waals surface area (Å²) in [5, 5.41) is 3.54. The molecule has 4 aromatic rings. The number of hydrogen-bond donors (Lipinski definition) is 2. The predicted octanol–water partition coefficient (Wildman–Crippen LogP) is 2.21. The Hall–Kier alpha value is -3.57. The second kappa shape index (κ2) is 8.65. The number of sulfone groups is 1. The van der Waals surface area contributed by atoms with E-state index in [9.17, 15) is 18.0 Å². The number of hydrogen-bond acceptors (Lipinski definition) is 8. The fourth-order valence-electron chi connectivity index (χ4n) is 4.43. The van der Waals surface area contributed by atoms with Gasteiger partial charge in [0.05, 0.1) is 28.6 Å². The lowest BCUT2D eigenvalue weighted by atomic mass is 10.1. The van der Waals surface area contributed by atoms with Crippen molar-refractivity contribution in [2.75, 3.05) is 19.7 Å². The molecular formula is C23H23N5O5S. The predicted molar refractivity (Wildman–Crippen MR) is 125 cm³/mol. The molecule has 1 aliphatic heterocycles. The molecule has 1 fully saturated rings. The Morgan fingerprint density at radius 2 is 1.94 bits per heavy atom. The Bertz CT molecular complexity index is 1550. The van der Waals surface area contributed by atoms with Gasteiger partial charge in [0.1, 0.15) is 16.1 Å². The molecule has 11 heteroatoms. The molecule has 0 aliphatic carbocycles. The van der Waals surface area contributed by atoms with E-state index in [2.05, 4.69) is 20.3 Å². The van der Waals surface area contributed by atoms with Crippen LogP contribution in [-0.2, 0) is 14.6 Å². The summed E-state index contributed by atoms with van der Waals surface area (Å²) in [6.07, 6.45) is 4.09. The number of benzene rings is 1. The topological polar surface area (TPSA) is 136 Å². The molecule has 0 unspecified atom stereocenters. The van der Waals surface area contributed by atoms with Crippen molar-refractivity contribution in [3.63, 3.8) is 0 Å². The molecule has 3 aromatic heterocycles. The number of esters is 1. The van der Waals surface area contributed by atoms with E-state index in [1.807, 2.05) is 0 Å². The monoisotopic (exact) mass is 481 g/mol. The Morgan fingerprint density at radius 3 is 2.65 bits per heavy atom. The zero-order valence-corrected chi connectivity index (χ0v) is 19.3. The van der Waals surface area contributed by atoms with Gasteiger partial charge in [-0.05, 0) is 45.0 Å². The summed E-state index contributed by atoms with van der Waals surface area (Å²) in [6.45, 7) is 3.12. The van der Waals surface area contributed by atoms with E-state index in [0.717, 1.165) is 0 Å². The Kier molecular flexibility index (Phi) is 5.66. The van der Waals surface area contributed by atoms with Gasteiger partial charge in [-0.3, -0.25) is 4.79 Å². The Labute approximate surface area is 194 Å². The van der Waals surface area contributed by atoms with Gasteiger partial charge in [0.25, 0.3) is 5.56 Å². The fraction of sp³-hybridized carbons (Fsp3) is 0.304. The van der Waals surface area contributed by atoms with Crippen LogP contribution >= 0.6 is 0 Å². The van der Waals surface area contributed by atoms with Gasteiger partial charge in [0.15, 0.2) is 0 Å². The smallest absolute Gasteiger partial charge is 0.362 e. The normalized spacial score (nSPS) is 15.1. The van der Waals surface area contributed by atoms with Crippen LogP contribution in [0, 0.1) is 0 Å². The van der Waals surface area contributed by atoms with Gasteiger partial charge < -0.3 is 19.6 Å². The number of fused-ring (bicyclic) bond motifs is 3.